The Hall–Kier alpha value is -1.81. The summed E-state index contributed by atoms with van der Waals surface area (Å²) >= 11 is 3.34. The Labute approximate surface area is 120 Å². The largest absolute Gasteiger partial charge is 0.423 e. The lowest BCUT2D eigenvalue weighted by molar-refractivity contribution is 0.0735. The molecule has 2 aromatic rings. The number of anilines is 1. The summed E-state index contributed by atoms with van der Waals surface area (Å²) in [6.07, 6.45) is 0. The van der Waals surface area contributed by atoms with Crippen LogP contribution in [0.4, 0.5) is 5.69 Å². The van der Waals surface area contributed by atoms with Crippen LogP contribution < -0.4 is 9.64 Å². The van der Waals surface area contributed by atoms with Crippen molar-refractivity contribution in [2.24, 2.45) is 0 Å². The Balaban J connectivity index is 2.15. The number of hydrogen-bond donors (Lipinski definition) is 0. The standard InChI is InChI=1S/C15H14BrNO2/c1-17(2)13-5-3-4-11(10-13)15(18)19-14-8-6-12(16)7-9-14/h3-10H,1-2H3. The molecular formula is C15H14BrNO2. The van der Waals surface area contributed by atoms with E-state index in [0.29, 0.717) is 11.3 Å². The maximum atomic E-state index is 12.0. The first-order chi connectivity index (χ1) is 9.06. The number of nitrogens with zero attached hydrogens (tertiary/aromatic N) is 1. The zero-order valence-electron chi connectivity index (χ0n) is 10.8. The highest BCUT2D eigenvalue weighted by Gasteiger charge is 2.09. The first kappa shape index (κ1) is 13.6. The van der Waals surface area contributed by atoms with E-state index in [9.17, 15) is 4.79 Å². The maximum absolute atomic E-state index is 12.0. The van der Waals surface area contributed by atoms with Crippen LogP contribution in [0, 0.1) is 0 Å². The topological polar surface area (TPSA) is 29.5 Å². The Morgan fingerprint density at radius 1 is 1.11 bits per heavy atom. The SMILES string of the molecule is CN(C)c1cccc(C(=O)Oc2ccc(Br)cc2)c1. The maximum Gasteiger partial charge on any atom is 0.343 e. The van der Waals surface area contributed by atoms with Gasteiger partial charge in [-0.2, -0.15) is 0 Å². The van der Waals surface area contributed by atoms with E-state index in [0.717, 1.165) is 10.2 Å². The van der Waals surface area contributed by atoms with Crippen molar-refractivity contribution in [3.05, 3.63) is 58.6 Å². The molecule has 19 heavy (non-hydrogen) atoms. The minimum absolute atomic E-state index is 0.356. The molecule has 0 spiro atoms. The number of halogens is 1. The van der Waals surface area contributed by atoms with Gasteiger partial charge in [0.25, 0.3) is 0 Å². The van der Waals surface area contributed by atoms with E-state index in [-0.39, 0.29) is 5.97 Å². The fourth-order valence-corrected chi connectivity index (χ4v) is 1.84. The Bertz CT molecular complexity index is 579. The van der Waals surface area contributed by atoms with Gasteiger partial charge in [0.1, 0.15) is 5.75 Å². The van der Waals surface area contributed by atoms with Crippen LogP contribution in [0.2, 0.25) is 0 Å². The van der Waals surface area contributed by atoms with Crippen LogP contribution in [0.5, 0.6) is 5.75 Å². The highest BCUT2D eigenvalue weighted by atomic mass is 79.9. The zero-order valence-corrected chi connectivity index (χ0v) is 12.3. The molecule has 0 aromatic heterocycles. The van der Waals surface area contributed by atoms with Crippen LogP contribution in [0.1, 0.15) is 10.4 Å². The first-order valence-electron chi connectivity index (χ1n) is 5.81. The third kappa shape index (κ3) is 3.58. The van der Waals surface area contributed by atoms with Gasteiger partial charge in [0.05, 0.1) is 5.56 Å². The Morgan fingerprint density at radius 3 is 2.42 bits per heavy atom. The van der Waals surface area contributed by atoms with Crippen LogP contribution in [-0.2, 0) is 0 Å². The van der Waals surface area contributed by atoms with Gasteiger partial charge in [-0.05, 0) is 42.5 Å². The molecule has 0 aliphatic heterocycles. The molecule has 0 aliphatic carbocycles. The van der Waals surface area contributed by atoms with E-state index in [1.807, 2.05) is 43.3 Å². The molecule has 2 aromatic carbocycles. The summed E-state index contributed by atoms with van der Waals surface area (Å²) in [5.74, 6) is 0.175. The summed E-state index contributed by atoms with van der Waals surface area (Å²) in [6.45, 7) is 0. The fourth-order valence-electron chi connectivity index (χ4n) is 1.58. The van der Waals surface area contributed by atoms with Gasteiger partial charge in [-0.25, -0.2) is 4.79 Å². The van der Waals surface area contributed by atoms with Crippen LogP contribution in [0.15, 0.2) is 53.0 Å². The summed E-state index contributed by atoms with van der Waals surface area (Å²) in [4.78, 5) is 14.0. The van der Waals surface area contributed by atoms with Crippen molar-refractivity contribution in [2.75, 3.05) is 19.0 Å². The van der Waals surface area contributed by atoms with Gasteiger partial charge in [-0.3, -0.25) is 0 Å². The number of carbonyl (C=O) groups is 1. The van der Waals surface area contributed by atoms with Crippen molar-refractivity contribution in [3.63, 3.8) is 0 Å². The van der Waals surface area contributed by atoms with E-state index >= 15 is 0 Å². The number of esters is 1. The predicted octanol–water partition coefficient (Wildman–Crippen LogP) is 3.73. The van der Waals surface area contributed by atoms with E-state index in [4.69, 9.17) is 4.74 Å². The van der Waals surface area contributed by atoms with Crippen LogP contribution in [0.3, 0.4) is 0 Å². The van der Waals surface area contributed by atoms with Crippen LogP contribution in [-0.4, -0.2) is 20.1 Å². The number of ether oxygens (including phenoxy) is 1. The summed E-state index contributed by atoms with van der Waals surface area (Å²) in [6, 6.07) is 14.5. The summed E-state index contributed by atoms with van der Waals surface area (Å²) in [5, 5.41) is 0. The number of carbonyl (C=O) groups excluding carboxylic acids is 1. The van der Waals surface area contributed by atoms with E-state index in [1.165, 1.54) is 0 Å². The van der Waals surface area contributed by atoms with Crippen molar-refractivity contribution in [2.45, 2.75) is 0 Å². The van der Waals surface area contributed by atoms with Gasteiger partial charge in [0.15, 0.2) is 0 Å². The highest BCUT2D eigenvalue weighted by Crippen LogP contribution is 2.19. The number of hydrogen-bond acceptors (Lipinski definition) is 3. The van der Waals surface area contributed by atoms with Gasteiger partial charge >= 0.3 is 5.97 Å². The zero-order chi connectivity index (χ0) is 13.8. The fraction of sp³-hybridized carbons (Fsp3) is 0.133. The second kappa shape index (κ2) is 5.89. The van der Waals surface area contributed by atoms with Crippen molar-refractivity contribution < 1.29 is 9.53 Å². The lowest BCUT2D eigenvalue weighted by atomic mass is 10.2. The monoisotopic (exact) mass is 319 g/mol. The predicted molar refractivity (Wildman–Crippen MR) is 79.9 cm³/mol. The molecule has 0 bridgehead atoms. The van der Waals surface area contributed by atoms with Gasteiger partial charge in [0.2, 0.25) is 0 Å². The van der Waals surface area contributed by atoms with Crippen LogP contribution >= 0.6 is 15.9 Å². The molecule has 2 rings (SSSR count). The molecule has 4 heteroatoms. The quantitative estimate of drug-likeness (QED) is 0.637. The normalized spacial score (nSPS) is 10.1. The highest BCUT2D eigenvalue weighted by molar-refractivity contribution is 9.10. The molecule has 3 nitrogen and oxygen atoms in total. The molecule has 0 radical (unpaired) electrons. The molecule has 0 saturated heterocycles. The van der Waals surface area contributed by atoms with Crippen LogP contribution in [0.25, 0.3) is 0 Å². The summed E-state index contributed by atoms with van der Waals surface area (Å²) in [7, 11) is 3.86. The molecule has 0 atom stereocenters. The Kier molecular flexibility index (Phi) is 4.22. The van der Waals surface area contributed by atoms with Gasteiger partial charge < -0.3 is 9.64 Å². The molecular weight excluding hydrogens is 306 g/mol. The smallest absolute Gasteiger partial charge is 0.343 e. The van der Waals surface area contributed by atoms with Crippen molar-refractivity contribution >= 4 is 27.6 Å². The second-order valence-corrected chi connectivity index (χ2v) is 5.20. The molecule has 0 aliphatic rings. The molecule has 0 saturated carbocycles. The molecule has 0 fully saturated rings. The van der Waals surface area contributed by atoms with Gasteiger partial charge in [-0.15, -0.1) is 0 Å². The molecule has 0 unspecified atom stereocenters. The minimum Gasteiger partial charge on any atom is -0.423 e. The molecule has 98 valence electrons. The molecule has 0 heterocycles. The van der Waals surface area contributed by atoms with Gasteiger partial charge in [-0.1, -0.05) is 22.0 Å². The third-order valence-corrected chi connectivity index (χ3v) is 3.15. The summed E-state index contributed by atoms with van der Waals surface area (Å²) in [5.41, 5.74) is 1.50. The van der Waals surface area contributed by atoms with Crippen molar-refractivity contribution in [1.29, 1.82) is 0 Å². The van der Waals surface area contributed by atoms with Crippen molar-refractivity contribution in [3.8, 4) is 5.75 Å². The first-order valence-corrected chi connectivity index (χ1v) is 6.61. The average Bonchev–Trinajstić information content (AvgIpc) is 2.41. The Morgan fingerprint density at radius 2 is 1.79 bits per heavy atom. The molecule has 0 amide bonds. The average molecular weight is 320 g/mol. The lowest BCUT2D eigenvalue weighted by Crippen LogP contribution is -2.12. The van der Waals surface area contributed by atoms with E-state index < -0.39 is 0 Å². The van der Waals surface area contributed by atoms with E-state index in [2.05, 4.69) is 15.9 Å². The third-order valence-electron chi connectivity index (χ3n) is 2.62. The van der Waals surface area contributed by atoms with E-state index in [1.54, 1.807) is 24.3 Å². The summed E-state index contributed by atoms with van der Waals surface area (Å²) < 4.78 is 6.26. The second-order valence-electron chi connectivity index (χ2n) is 4.29. The minimum atomic E-state index is -0.356. The van der Waals surface area contributed by atoms with Gasteiger partial charge in [0, 0.05) is 24.3 Å². The number of benzene rings is 2. The molecule has 0 N–H and O–H groups in total. The van der Waals surface area contributed by atoms with Crippen molar-refractivity contribution in [1.82, 2.24) is 0 Å². The lowest BCUT2D eigenvalue weighted by Gasteiger charge is -2.13. The number of rotatable bonds is 3.